The van der Waals surface area contributed by atoms with Crippen LogP contribution in [-0.2, 0) is 0 Å². The van der Waals surface area contributed by atoms with E-state index in [0.717, 1.165) is 6.42 Å². The van der Waals surface area contributed by atoms with Gasteiger partial charge in [0.25, 0.3) is 0 Å². The standard InChI is InChI=1S/C10H11BN2S/c1-2-4-8(5-3-1)11-12-9-6-14-7-10(9)13-11/h1-2,4,6-7,12-13H,3,5H2. The Morgan fingerprint density at radius 1 is 1.21 bits per heavy atom. The summed E-state index contributed by atoms with van der Waals surface area (Å²) in [5, 5.41) is 11.3. The van der Waals surface area contributed by atoms with E-state index in [9.17, 15) is 0 Å². The number of allylic oxidation sites excluding steroid dienone is 4. The van der Waals surface area contributed by atoms with Crippen molar-refractivity contribution in [3.8, 4) is 0 Å². The molecule has 1 aliphatic carbocycles. The van der Waals surface area contributed by atoms with E-state index in [1.54, 1.807) is 11.3 Å². The SMILES string of the molecule is C1=CCCC(B2Nc3cscc3N2)=C1. The van der Waals surface area contributed by atoms with E-state index in [2.05, 4.69) is 39.4 Å². The van der Waals surface area contributed by atoms with Crippen LogP contribution in [0.25, 0.3) is 0 Å². The third-order valence-corrected chi connectivity index (χ3v) is 3.42. The number of hydrogen-bond acceptors (Lipinski definition) is 3. The van der Waals surface area contributed by atoms with Gasteiger partial charge in [-0.15, -0.1) is 11.3 Å². The summed E-state index contributed by atoms with van der Waals surface area (Å²) in [6, 6.07) is 0. The highest BCUT2D eigenvalue weighted by Gasteiger charge is 2.28. The molecule has 14 heavy (non-hydrogen) atoms. The summed E-state index contributed by atoms with van der Waals surface area (Å²) in [4.78, 5) is 0. The van der Waals surface area contributed by atoms with E-state index >= 15 is 0 Å². The molecule has 2 nitrogen and oxygen atoms in total. The van der Waals surface area contributed by atoms with Crippen molar-refractivity contribution in [3.05, 3.63) is 34.5 Å². The first-order valence-corrected chi connectivity index (χ1v) is 5.82. The van der Waals surface area contributed by atoms with E-state index in [4.69, 9.17) is 0 Å². The Bertz CT molecular complexity index is 388. The molecule has 2 heterocycles. The van der Waals surface area contributed by atoms with Crippen LogP contribution in [0, 0.1) is 0 Å². The average molecular weight is 202 g/mol. The number of anilines is 2. The lowest BCUT2D eigenvalue weighted by Crippen LogP contribution is -2.31. The molecule has 1 aromatic rings. The summed E-state index contributed by atoms with van der Waals surface area (Å²) < 4.78 is 0. The summed E-state index contributed by atoms with van der Waals surface area (Å²) in [6.07, 6.45) is 8.90. The fourth-order valence-electron chi connectivity index (χ4n) is 1.91. The quantitative estimate of drug-likeness (QED) is 0.684. The zero-order chi connectivity index (χ0) is 9.38. The van der Waals surface area contributed by atoms with Gasteiger partial charge >= 0.3 is 6.98 Å². The third-order valence-electron chi connectivity index (χ3n) is 2.68. The number of hydrogen-bond donors (Lipinski definition) is 2. The minimum atomic E-state index is 0.318. The van der Waals surface area contributed by atoms with E-state index in [1.807, 2.05) is 0 Å². The van der Waals surface area contributed by atoms with Gasteiger partial charge in [0.15, 0.2) is 0 Å². The molecular weight excluding hydrogens is 191 g/mol. The Morgan fingerprint density at radius 3 is 2.64 bits per heavy atom. The molecule has 0 amide bonds. The van der Waals surface area contributed by atoms with Gasteiger partial charge in [-0.25, -0.2) is 0 Å². The van der Waals surface area contributed by atoms with Crippen LogP contribution in [-0.4, -0.2) is 6.98 Å². The molecule has 1 aromatic heterocycles. The minimum Gasteiger partial charge on any atom is -0.403 e. The summed E-state index contributed by atoms with van der Waals surface area (Å²) >= 11 is 1.73. The van der Waals surface area contributed by atoms with Crippen LogP contribution in [0.5, 0.6) is 0 Å². The highest BCUT2D eigenvalue weighted by Crippen LogP contribution is 2.33. The molecule has 3 rings (SSSR count). The van der Waals surface area contributed by atoms with Crippen molar-refractivity contribution in [2.75, 3.05) is 10.5 Å². The Hall–Kier alpha value is -1.16. The highest BCUT2D eigenvalue weighted by atomic mass is 32.1. The number of thiophene rings is 1. The maximum absolute atomic E-state index is 3.48. The second-order valence-electron chi connectivity index (χ2n) is 3.63. The van der Waals surface area contributed by atoms with Gasteiger partial charge < -0.3 is 10.5 Å². The van der Waals surface area contributed by atoms with Gasteiger partial charge in [-0.3, -0.25) is 0 Å². The van der Waals surface area contributed by atoms with Crippen molar-refractivity contribution in [1.29, 1.82) is 0 Å². The monoisotopic (exact) mass is 202 g/mol. The van der Waals surface area contributed by atoms with Crippen LogP contribution in [0.1, 0.15) is 12.8 Å². The molecule has 1 aliphatic heterocycles. The molecule has 0 unspecified atom stereocenters. The summed E-state index contributed by atoms with van der Waals surface area (Å²) in [5.41, 5.74) is 3.94. The van der Waals surface area contributed by atoms with Gasteiger partial charge in [-0.05, 0) is 12.8 Å². The Kier molecular flexibility index (Phi) is 1.87. The Labute approximate surface area is 87.8 Å². The molecule has 0 fully saturated rings. The van der Waals surface area contributed by atoms with Crippen LogP contribution in [0.4, 0.5) is 11.4 Å². The normalized spacial score (nSPS) is 18.6. The summed E-state index contributed by atoms with van der Waals surface area (Å²) in [5.74, 6) is 0. The first-order valence-electron chi connectivity index (χ1n) is 4.88. The second kappa shape index (κ2) is 3.21. The highest BCUT2D eigenvalue weighted by molar-refractivity contribution is 7.09. The lowest BCUT2D eigenvalue weighted by Gasteiger charge is -2.13. The molecule has 0 saturated carbocycles. The Morgan fingerprint density at radius 2 is 2.00 bits per heavy atom. The molecule has 0 atom stereocenters. The largest absolute Gasteiger partial charge is 0.403 e. The topological polar surface area (TPSA) is 24.1 Å². The molecule has 0 aromatic carbocycles. The van der Waals surface area contributed by atoms with Gasteiger partial charge in [0, 0.05) is 10.8 Å². The maximum Gasteiger partial charge on any atom is 0.401 e. The van der Waals surface area contributed by atoms with Crippen LogP contribution in [0.2, 0.25) is 0 Å². The van der Waals surface area contributed by atoms with Gasteiger partial charge in [-0.2, -0.15) is 0 Å². The van der Waals surface area contributed by atoms with Crippen molar-refractivity contribution in [2.45, 2.75) is 12.8 Å². The molecule has 4 heteroatoms. The van der Waals surface area contributed by atoms with Crippen molar-refractivity contribution in [3.63, 3.8) is 0 Å². The van der Waals surface area contributed by atoms with E-state index < -0.39 is 0 Å². The fourth-order valence-corrected chi connectivity index (χ4v) is 2.65. The number of rotatable bonds is 1. The van der Waals surface area contributed by atoms with Crippen LogP contribution in [0.3, 0.4) is 0 Å². The van der Waals surface area contributed by atoms with E-state index in [-0.39, 0.29) is 0 Å². The first kappa shape index (κ1) is 8.18. The van der Waals surface area contributed by atoms with Crippen molar-refractivity contribution >= 4 is 29.7 Å². The molecule has 0 radical (unpaired) electrons. The van der Waals surface area contributed by atoms with E-state index in [0.29, 0.717) is 6.98 Å². The van der Waals surface area contributed by atoms with Gasteiger partial charge in [0.05, 0.1) is 11.4 Å². The first-order chi connectivity index (χ1) is 6.93. The average Bonchev–Trinajstić information content (AvgIpc) is 2.78. The molecule has 0 bridgehead atoms. The van der Waals surface area contributed by atoms with Crippen molar-refractivity contribution in [1.82, 2.24) is 0 Å². The molecular formula is C10H11BN2S. The smallest absolute Gasteiger partial charge is 0.401 e. The molecule has 70 valence electrons. The predicted molar refractivity (Wildman–Crippen MR) is 63.8 cm³/mol. The summed E-state index contributed by atoms with van der Waals surface area (Å²) in [6.45, 7) is 0.318. The summed E-state index contributed by atoms with van der Waals surface area (Å²) in [7, 11) is 0. The lowest BCUT2D eigenvalue weighted by atomic mass is 9.65. The third kappa shape index (κ3) is 1.26. The van der Waals surface area contributed by atoms with Gasteiger partial charge in [-0.1, -0.05) is 23.7 Å². The number of nitrogens with one attached hydrogen (secondary N) is 2. The van der Waals surface area contributed by atoms with Gasteiger partial charge in [0.2, 0.25) is 0 Å². The maximum atomic E-state index is 3.48. The van der Waals surface area contributed by atoms with Crippen molar-refractivity contribution in [2.24, 2.45) is 0 Å². The minimum absolute atomic E-state index is 0.318. The van der Waals surface area contributed by atoms with Crippen LogP contribution >= 0.6 is 11.3 Å². The predicted octanol–water partition coefficient (Wildman–Crippen LogP) is 2.89. The lowest BCUT2D eigenvalue weighted by molar-refractivity contribution is 1.01. The zero-order valence-corrected chi connectivity index (χ0v) is 8.60. The molecule has 0 saturated heterocycles. The molecule has 2 N–H and O–H groups in total. The zero-order valence-electron chi connectivity index (χ0n) is 7.79. The Balaban J connectivity index is 1.81. The molecule has 2 aliphatic rings. The van der Waals surface area contributed by atoms with Crippen molar-refractivity contribution < 1.29 is 0 Å². The number of fused-ring (bicyclic) bond motifs is 1. The second-order valence-corrected chi connectivity index (χ2v) is 4.37. The van der Waals surface area contributed by atoms with E-state index in [1.165, 1.54) is 23.3 Å². The fraction of sp³-hybridized carbons (Fsp3) is 0.200. The van der Waals surface area contributed by atoms with Gasteiger partial charge in [0.1, 0.15) is 0 Å². The molecule has 0 spiro atoms. The van der Waals surface area contributed by atoms with Crippen LogP contribution in [0.15, 0.2) is 34.5 Å². The van der Waals surface area contributed by atoms with Crippen LogP contribution < -0.4 is 10.5 Å².